The quantitative estimate of drug-likeness (QED) is 0.677. The van der Waals surface area contributed by atoms with Gasteiger partial charge in [0.25, 0.3) is 0 Å². The van der Waals surface area contributed by atoms with Gasteiger partial charge in [0, 0.05) is 0 Å². The molecule has 2 nitrogen and oxygen atoms in total. The van der Waals surface area contributed by atoms with E-state index in [2.05, 4.69) is 0 Å². The van der Waals surface area contributed by atoms with Gasteiger partial charge in [-0.05, 0) is 31.1 Å². The third kappa shape index (κ3) is 1.87. The predicted octanol–water partition coefficient (Wildman–Crippen LogP) is 2.68. The van der Waals surface area contributed by atoms with E-state index in [0.29, 0.717) is 5.92 Å². The van der Waals surface area contributed by atoms with Crippen LogP contribution in [0.1, 0.15) is 44.9 Å². The average Bonchev–Trinajstić information content (AvgIpc) is 2.48. The summed E-state index contributed by atoms with van der Waals surface area (Å²) in [4.78, 5) is 11.0. The Bertz CT molecular complexity index is 200. The molecule has 0 heterocycles. The monoisotopic (exact) mass is 182 g/mol. The molecule has 2 heteroatoms. The van der Waals surface area contributed by atoms with Gasteiger partial charge < -0.3 is 5.11 Å². The minimum absolute atomic E-state index is 0.0229. The molecule has 1 N–H and O–H groups in total. The molecule has 13 heavy (non-hydrogen) atoms. The Labute approximate surface area is 79.3 Å². The first-order valence-electron chi connectivity index (χ1n) is 5.50. The van der Waals surface area contributed by atoms with E-state index in [4.69, 9.17) is 5.11 Å². The summed E-state index contributed by atoms with van der Waals surface area (Å²) in [6.07, 6.45) is 8.30. The number of hydrogen-bond donors (Lipinski definition) is 1. The maximum Gasteiger partial charge on any atom is 0.306 e. The molecule has 2 rings (SSSR count). The summed E-state index contributed by atoms with van der Waals surface area (Å²) in [5.41, 5.74) is 0. The zero-order valence-electron chi connectivity index (χ0n) is 8.04. The van der Waals surface area contributed by atoms with E-state index in [9.17, 15) is 4.79 Å². The molecule has 0 saturated heterocycles. The van der Waals surface area contributed by atoms with Crippen LogP contribution in [0.3, 0.4) is 0 Å². The zero-order valence-corrected chi connectivity index (χ0v) is 8.04. The van der Waals surface area contributed by atoms with Gasteiger partial charge in [0.2, 0.25) is 0 Å². The smallest absolute Gasteiger partial charge is 0.306 e. The van der Waals surface area contributed by atoms with Crippen LogP contribution in [0.25, 0.3) is 0 Å². The van der Waals surface area contributed by atoms with Crippen LogP contribution in [0.2, 0.25) is 0 Å². The summed E-state index contributed by atoms with van der Waals surface area (Å²) < 4.78 is 0. The summed E-state index contributed by atoms with van der Waals surface area (Å²) in [7, 11) is 0. The van der Waals surface area contributed by atoms with Crippen LogP contribution < -0.4 is 0 Å². The van der Waals surface area contributed by atoms with Crippen molar-refractivity contribution in [2.24, 2.45) is 17.8 Å². The molecule has 3 unspecified atom stereocenters. The molecule has 2 aliphatic rings. The van der Waals surface area contributed by atoms with E-state index in [-0.39, 0.29) is 5.92 Å². The molecule has 0 spiro atoms. The van der Waals surface area contributed by atoms with E-state index < -0.39 is 5.97 Å². The van der Waals surface area contributed by atoms with E-state index in [1.54, 1.807) is 0 Å². The minimum Gasteiger partial charge on any atom is -0.481 e. The topological polar surface area (TPSA) is 37.3 Å². The summed E-state index contributed by atoms with van der Waals surface area (Å²) in [5.74, 6) is 0.785. The first kappa shape index (κ1) is 9.04. The van der Waals surface area contributed by atoms with Crippen LogP contribution in [0.5, 0.6) is 0 Å². The van der Waals surface area contributed by atoms with Crippen molar-refractivity contribution in [1.82, 2.24) is 0 Å². The highest BCUT2D eigenvalue weighted by molar-refractivity contribution is 5.70. The zero-order chi connectivity index (χ0) is 9.26. The summed E-state index contributed by atoms with van der Waals surface area (Å²) in [6.45, 7) is 0. The van der Waals surface area contributed by atoms with Gasteiger partial charge in [-0.15, -0.1) is 0 Å². The number of hydrogen-bond acceptors (Lipinski definition) is 1. The molecular weight excluding hydrogens is 164 g/mol. The van der Waals surface area contributed by atoms with E-state index in [0.717, 1.165) is 18.8 Å². The largest absolute Gasteiger partial charge is 0.481 e. The molecule has 74 valence electrons. The molecule has 2 fully saturated rings. The van der Waals surface area contributed by atoms with Crippen LogP contribution in [0.15, 0.2) is 0 Å². The molecule has 0 aromatic carbocycles. The van der Waals surface area contributed by atoms with Crippen molar-refractivity contribution >= 4 is 5.97 Å². The van der Waals surface area contributed by atoms with E-state index in [1.807, 2.05) is 0 Å². The second kappa shape index (κ2) is 3.69. The van der Waals surface area contributed by atoms with E-state index in [1.165, 1.54) is 32.1 Å². The van der Waals surface area contributed by atoms with Crippen molar-refractivity contribution < 1.29 is 9.90 Å². The van der Waals surface area contributed by atoms with Crippen LogP contribution >= 0.6 is 0 Å². The van der Waals surface area contributed by atoms with Gasteiger partial charge in [-0.3, -0.25) is 4.79 Å². The molecule has 3 atom stereocenters. The third-order valence-electron chi connectivity index (χ3n) is 3.85. The number of carboxylic acids is 1. The molecule has 0 aliphatic heterocycles. The average molecular weight is 182 g/mol. The van der Waals surface area contributed by atoms with Crippen LogP contribution in [-0.4, -0.2) is 11.1 Å². The van der Waals surface area contributed by atoms with Crippen molar-refractivity contribution in [3.8, 4) is 0 Å². The highest BCUT2D eigenvalue weighted by Gasteiger charge is 2.35. The normalized spacial score (nSPS) is 39.5. The highest BCUT2D eigenvalue weighted by Crippen LogP contribution is 2.42. The Morgan fingerprint density at radius 3 is 2.62 bits per heavy atom. The van der Waals surface area contributed by atoms with Crippen LogP contribution in [0.4, 0.5) is 0 Å². The Balaban J connectivity index is 2.05. The number of fused-ring (bicyclic) bond motifs is 2. The summed E-state index contributed by atoms with van der Waals surface area (Å²) in [6, 6.07) is 0. The fourth-order valence-electron chi connectivity index (χ4n) is 3.10. The molecule has 0 aromatic rings. The number of rotatable bonds is 1. The van der Waals surface area contributed by atoms with Crippen molar-refractivity contribution in [2.75, 3.05) is 0 Å². The summed E-state index contributed by atoms with van der Waals surface area (Å²) in [5, 5.41) is 9.08. The SMILES string of the molecule is O=C(O)C1CCCCC2CCC1C2. The van der Waals surface area contributed by atoms with Crippen molar-refractivity contribution in [1.29, 1.82) is 0 Å². The van der Waals surface area contributed by atoms with Gasteiger partial charge >= 0.3 is 5.97 Å². The Kier molecular flexibility index (Phi) is 2.56. The van der Waals surface area contributed by atoms with Gasteiger partial charge in [-0.25, -0.2) is 0 Å². The van der Waals surface area contributed by atoms with Gasteiger partial charge in [-0.2, -0.15) is 0 Å². The fourth-order valence-corrected chi connectivity index (χ4v) is 3.10. The summed E-state index contributed by atoms with van der Waals surface area (Å²) >= 11 is 0. The third-order valence-corrected chi connectivity index (χ3v) is 3.85. The molecule has 0 radical (unpaired) electrons. The second-order valence-electron chi connectivity index (χ2n) is 4.67. The van der Waals surface area contributed by atoms with Gasteiger partial charge in [0.15, 0.2) is 0 Å². The van der Waals surface area contributed by atoms with Gasteiger partial charge in [0.05, 0.1) is 5.92 Å². The minimum atomic E-state index is -0.549. The lowest BCUT2D eigenvalue weighted by Gasteiger charge is -2.22. The molecular formula is C11H18O2. The van der Waals surface area contributed by atoms with Crippen molar-refractivity contribution in [2.45, 2.75) is 44.9 Å². The van der Waals surface area contributed by atoms with Gasteiger partial charge in [0.1, 0.15) is 0 Å². The Hall–Kier alpha value is -0.530. The second-order valence-corrected chi connectivity index (χ2v) is 4.67. The first-order chi connectivity index (χ1) is 6.27. The lowest BCUT2D eigenvalue weighted by atomic mass is 9.83. The Morgan fingerprint density at radius 1 is 1.08 bits per heavy atom. The number of aliphatic carboxylic acids is 1. The fraction of sp³-hybridized carbons (Fsp3) is 0.909. The number of carbonyl (C=O) groups is 1. The van der Waals surface area contributed by atoms with Crippen molar-refractivity contribution in [3.05, 3.63) is 0 Å². The molecule has 2 saturated carbocycles. The standard InChI is InChI=1S/C11H18O2/c12-11(13)10-4-2-1-3-8-5-6-9(10)7-8/h8-10H,1-7H2,(H,12,13). The predicted molar refractivity (Wildman–Crippen MR) is 50.4 cm³/mol. The lowest BCUT2D eigenvalue weighted by Crippen LogP contribution is -2.23. The highest BCUT2D eigenvalue weighted by atomic mass is 16.4. The van der Waals surface area contributed by atoms with E-state index >= 15 is 0 Å². The molecule has 0 amide bonds. The number of carboxylic acid groups (broad SMARTS) is 1. The van der Waals surface area contributed by atoms with Crippen LogP contribution in [-0.2, 0) is 4.79 Å². The molecule has 2 bridgehead atoms. The maximum absolute atomic E-state index is 11.0. The van der Waals surface area contributed by atoms with Gasteiger partial charge in [-0.1, -0.05) is 25.7 Å². The Morgan fingerprint density at radius 2 is 1.85 bits per heavy atom. The molecule has 2 aliphatic carbocycles. The lowest BCUT2D eigenvalue weighted by molar-refractivity contribution is -0.144. The van der Waals surface area contributed by atoms with Crippen molar-refractivity contribution in [3.63, 3.8) is 0 Å². The first-order valence-corrected chi connectivity index (χ1v) is 5.50. The maximum atomic E-state index is 11.0. The van der Waals surface area contributed by atoms with Crippen LogP contribution in [0, 0.1) is 17.8 Å². The molecule has 0 aromatic heterocycles.